The Kier molecular flexibility index (Phi) is 7.08. The summed E-state index contributed by atoms with van der Waals surface area (Å²) in [5, 5.41) is 0.748. The van der Waals surface area contributed by atoms with Crippen molar-refractivity contribution in [3.05, 3.63) is 53.1 Å². The molecule has 1 aromatic heterocycles. The van der Waals surface area contributed by atoms with Gasteiger partial charge < -0.3 is 9.47 Å². The average molecular weight is 454 g/mol. The van der Waals surface area contributed by atoms with Gasteiger partial charge in [0.25, 0.3) is 5.91 Å². The van der Waals surface area contributed by atoms with Crippen molar-refractivity contribution in [2.75, 3.05) is 44.3 Å². The normalized spacial score (nSPS) is 14.8. The zero-order chi connectivity index (χ0) is 22.7. The maximum atomic E-state index is 13.6. The van der Waals surface area contributed by atoms with Crippen LogP contribution in [0.4, 0.5) is 5.13 Å². The quantitative estimate of drug-likeness (QED) is 0.520. The molecule has 1 amide bonds. The minimum Gasteiger partial charge on any atom is -0.491 e. The molecule has 0 radical (unpaired) electrons. The number of carbonyl (C=O) groups is 1. The number of morpholine rings is 1. The van der Waals surface area contributed by atoms with Crippen molar-refractivity contribution in [2.45, 2.75) is 33.8 Å². The minimum absolute atomic E-state index is 0.0382. The second-order valence-electron chi connectivity index (χ2n) is 8.48. The maximum Gasteiger partial charge on any atom is 0.260 e. The third-order valence-corrected chi connectivity index (χ3v) is 6.84. The molecule has 1 fully saturated rings. The molecule has 170 valence electrons. The Hall–Kier alpha value is -2.48. The van der Waals surface area contributed by atoms with E-state index in [2.05, 4.69) is 30.9 Å². The monoisotopic (exact) mass is 453 g/mol. The minimum atomic E-state index is -0.0382. The lowest BCUT2D eigenvalue weighted by Gasteiger charge is -2.29. The van der Waals surface area contributed by atoms with Crippen LogP contribution in [0, 0.1) is 13.8 Å². The van der Waals surface area contributed by atoms with Crippen LogP contribution >= 0.6 is 11.3 Å². The summed E-state index contributed by atoms with van der Waals surface area (Å²) in [6.07, 6.45) is 0.0933. The van der Waals surface area contributed by atoms with E-state index in [1.54, 1.807) is 11.3 Å². The molecule has 1 saturated heterocycles. The van der Waals surface area contributed by atoms with Crippen LogP contribution in [0.3, 0.4) is 0 Å². The molecule has 0 aliphatic carbocycles. The highest BCUT2D eigenvalue weighted by Crippen LogP contribution is 2.33. The highest BCUT2D eigenvalue weighted by Gasteiger charge is 2.23. The van der Waals surface area contributed by atoms with E-state index in [1.807, 2.05) is 43.0 Å². The number of anilines is 1. The Labute approximate surface area is 193 Å². The average Bonchev–Trinajstić information content (AvgIpc) is 3.24. The summed E-state index contributed by atoms with van der Waals surface area (Å²) in [6, 6.07) is 11.6. The SMILES string of the molecule is Cc1ccc(C)c2sc(N(CCN3CCOCC3)C(=O)c3ccc(OC(C)C)cc3)nc12. The van der Waals surface area contributed by atoms with E-state index in [1.165, 1.54) is 5.56 Å². The molecule has 0 saturated carbocycles. The van der Waals surface area contributed by atoms with Crippen LogP contribution in [-0.2, 0) is 4.74 Å². The van der Waals surface area contributed by atoms with E-state index in [0.717, 1.165) is 59.5 Å². The first-order chi connectivity index (χ1) is 15.4. The van der Waals surface area contributed by atoms with Gasteiger partial charge in [-0.1, -0.05) is 23.5 Å². The van der Waals surface area contributed by atoms with Gasteiger partial charge in [0.15, 0.2) is 5.13 Å². The number of hydrogen-bond donors (Lipinski definition) is 0. The second-order valence-corrected chi connectivity index (χ2v) is 9.45. The molecule has 4 rings (SSSR count). The molecule has 0 atom stereocenters. The topological polar surface area (TPSA) is 54.9 Å². The van der Waals surface area contributed by atoms with Crippen LogP contribution in [0.1, 0.15) is 35.3 Å². The van der Waals surface area contributed by atoms with Gasteiger partial charge in [0.1, 0.15) is 5.75 Å². The molecule has 3 aromatic rings. The Morgan fingerprint density at radius 2 is 1.81 bits per heavy atom. The van der Waals surface area contributed by atoms with Crippen LogP contribution in [0.15, 0.2) is 36.4 Å². The van der Waals surface area contributed by atoms with Gasteiger partial charge in [0, 0.05) is 31.7 Å². The number of amides is 1. The van der Waals surface area contributed by atoms with Crippen molar-refractivity contribution < 1.29 is 14.3 Å². The molecule has 2 heterocycles. The summed E-state index contributed by atoms with van der Waals surface area (Å²) in [5.74, 6) is 0.728. The third-order valence-electron chi connectivity index (χ3n) is 5.62. The highest BCUT2D eigenvalue weighted by atomic mass is 32.1. The van der Waals surface area contributed by atoms with Gasteiger partial charge in [-0.15, -0.1) is 0 Å². The van der Waals surface area contributed by atoms with Gasteiger partial charge >= 0.3 is 0 Å². The fourth-order valence-electron chi connectivity index (χ4n) is 3.82. The highest BCUT2D eigenvalue weighted by molar-refractivity contribution is 7.22. The van der Waals surface area contributed by atoms with E-state index >= 15 is 0 Å². The zero-order valence-electron chi connectivity index (χ0n) is 19.3. The number of nitrogens with zero attached hydrogens (tertiary/aromatic N) is 3. The molecule has 6 nitrogen and oxygen atoms in total. The summed E-state index contributed by atoms with van der Waals surface area (Å²) >= 11 is 1.59. The number of hydrogen-bond acceptors (Lipinski definition) is 6. The van der Waals surface area contributed by atoms with E-state index in [4.69, 9.17) is 14.5 Å². The number of fused-ring (bicyclic) bond motifs is 1. The van der Waals surface area contributed by atoms with Crippen molar-refractivity contribution in [2.24, 2.45) is 0 Å². The maximum absolute atomic E-state index is 13.6. The fourth-order valence-corrected chi connectivity index (χ4v) is 4.95. The predicted octanol–water partition coefficient (Wildman–Crippen LogP) is 4.68. The van der Waals surface area contributed by atoms with Crippen molar-refractivity contribution in [3.8, 4) is 5.75 Å². The lowest BCUT2D eigenvalue weighted by atomic mass is 10.1. The molecular weight excluding hydrogens is 422 g/mol. The predicted molar refractivity (Wildman–Crippen MR) is 130 cm³/mol. The summed E-state index contributed by atoms with van der Waals surface area (Å²) in [5.41, 5.74) is 3.93. The summed E-state index contributed by atoms with van der Waals surface area (Å²) in [7, 11) is 0. The molecule has 1 aliphatic heterocycles. The van der Waals surface area contributed by atoms with Crippen LogP contribution in [0.5, 0.6) is 5.75 Å². The Bertz CT molecular complexity index is 1030. The van der Waals surface area contributed by atoms with Crippen LogP contribution < -0.4 is 9.64 Å². The fraction of sp³-hybridized carbons (Fsp3) is 0.440. The van der Waals surface area contributed by atoms with Crippen molar-refractivity contribution in [1.29, 1.82) is 0 Å². The number of rotatable bonds is 7. The lowest BCUT2D eigenvalue weighted by molar-refractivity contribution is 0.0391. The largest absolute Gasteiger partial charge is 0.491 e. The molecule has 32 heavy (non-hydrogen) atoms. The first-order valence-electron chi connectivity index (χ1n) is 11.2. The summed E-state index contributed by atoms with van der Waals surface area (Å²) < 4.78 is 12.3. The van der Waals surface area contributed by atoms with E-state index < -0.39 is 0 Å². The van der Waals surface area contributed by atoms with Gasteiger partial charge in [0.2, 0.25) is 0 Å². The molecular formula is C25H31N3O3S. The van der Waals surface area contributed by atoms with Gasteiger partial charge in [0.05, 0.1) is 29.5 Å². The van der Waals surface area contributed by atoms with Crippen LogP contribution in [0.25, 0.3) is 10.2 Å². The van der Waals surface area contributed by atoms with Gasteiger partial charge in [-0.3, -0.25) is 14.6 Å². The summed E-state index contributed by atoms with van der Waals surface area (Å²) in [6.45, 7) is 12.8. The first kappa shape index (κ1) is 22.7. The van der Waals surface area contributed by atoms with Crippen LogP contribution in [0.2, 0.25) is 0 Å². The van der Waals surface area contributed by atoms with E-state index in [9.17, 15) is 4.79 Å². The molecule has 0 spiro atoms. The van der Waals surface area contributed by atoms with Gasteiger partial charge in [-0.2, -0.15) is 0 Å². The smallest absolute Gasteiger partial charge is 0.260 e. The third kappa shape index (κ3) is 5.11. The number of aromatic nitrogens is 1. The lowest BCUT2D eigenvalue weighted by Crippen LogP contribution is -2.43. The number of benzene rings is 2. The Morgan fingerprint density at radius 1 is 1.12 bits per heavy atom. The molecule has 1 aliphatic rings. The second kappa shape index (κ2) is 9.98. The van der Waals surface area contributed by atoms with Crippen molar-refractivity contribution in [3.63, 3.8) is 0 Å². The molecule has 0 N–H and O–H groups in total. The van der Waals surface area contributed by atoms with E-state index in [-0.39, 0.29) is 12.0 Å². The number of aryl methyl sites for hydroxylation is 2. The molecule has 0 bridgehead atoms. The van der Waals surface area contributed by atoms with E-state index in [0.29, 0.717) is 12.1 Å². The first-order valence-corrected chi connectivity index (χ1v) is 12.0. The van der Waals surface area contributed by atoms with Gasteiger partial charge in [-0.05, 0) is 63.1 Å². The van der Waals surface area contributed by atoms with Gasteiger partial charge in [-0.25, -0.2) is 4.98 Å². The number of ether oxygens (including phenoxy) is 2. The Balaban J connectivity index is 1.63. The van der Waals surface area contributed by atoms with Crippen molar-refractivity contribution in [1.82, 2.24) is 9.88 Å². The number of thiazole rings is 1. The standard InChI is InChI=1S/C25H31N3O3S/c1-17(2)31-21-9-7-20(8-10-21)24(29)28(12-11-27-13-15-30-16-14-27)25-26-22-18(3)5-6-19(4)23(22)32-25/h5-10,17H,11-16H2,1-4H3. The van der Waals surface area contributed by atoms with Crippen molar-refractivity contribution >= 4 is 32.6 Å². The zero-order valence-corrected chi connectivity index (χ0v) is 20.1. The Morgan fingerprint density at radius 3 is 2.47 bits per heavy atom. The van der Waals surface area contributed by atoms with Crippen LogP contribution in [-0.4, -0.2) is 61.3 Å². The molecule has 2 aromatic carbocycles. The molecule has 0 unspecified atom stereocenters. The summed E-state index contributed by atoms with van der Waals surface area (Å²) in [4.78, 5) is 22.7. The number of carbonyl (C=O) groups excluding carboxylic acids is 1. The molecule has 7 heteroatoms.